The van der Waals surface area contributed by atoms with Gasteiger partial charge in [-0.05, 0) is 43.4 Å². The van der Waals surface area contributed by atoms with E-state index in [9.17, 15) is 4.39 Å². The topological polar surface area (TPSA) is 38.5 Å². The minimum absolute atomic E-state index is 0.255. The molecule has 1 aliphatic rings. The smallest absolute Gasteiger partial charge is 0.128 e. The number of nitrogens with two attached hydrogens (primary N) is 1. The van der Waals surface area contributed by atoms with Crippen LogP contribution in [0.15, 0.2) is 12.1 Å². The number of rotatable bonds is 6. The predicted molar refractivity (Wildman–Crippen MR) is 72.4 cm³/mol. The average Bonchev–Trinajstić information content (AvgIpc) is 3.13. The zero-order valence-corrected chi connectivity index (χ0v) is 11.1. The normalized spacial score (nSPS) is 14.8. The molecule has 0 saturated heterocycles. The number of nitrogen functional groups attached to an aromatic ring is 1. The molecule has 3 nitrogen and oxygen atoms in total. The summed E-state index contributed by atoms with van der Waals surface area (Å²) in [5.41, 5.74) is 7.79. The van der Waals surface area contributed by atoms with E-state index in [4.69, 9.17) is 10.5 Å². The van der Waals surface area contributed by atoms with Crippen LogP contribution >= 0.6 is 0 Å². The van der Waals surface area contributed by atoms with Gasteiger partial charge in [0.15, 0.2) is 0 Å². The third kappa shape index (κ3) is 3.35. The van der Waals surface area contributed by atoms with Crippen LogP contribution < -0.4 is 10.6 Å². The first-order chi connectivity index (χ1) is 8.58. The molecule has 0 aromatic heterocycles. The number of ether oxygens (including phenoxy) is 1. The van der Waals surface area contributed by atoms with Gasteiger partial charge in [-0.15, -0.1) is 0 Å². The first-order valence-corrected chi connectivity index (χ1v) is 6.42. The molecule has 4 heteroatoms. The molecule has 18 heavy (non-hydrogen) atoms. The van der Waals surface area contributed by atoms with Gasteiger partial charge in [-0.3, -0.25) is 0 Å². The summed E-state index contributed by atoms with van der Waals surface area (Å²) in [5, 5.41) is 0. The molecule has 0 spiro atoms. The second kappa shape index (κ2) is 5.57. The van der Waals surface area contributed by atoms with E-state index in [1.807, 2.05) is 11.9 Å². The molecule has 0 heterocycles. The molecule has 1 fully saturated rings. The van der Waals surface area contributed by atoms with Crippen molar-refractivity contribution in [3.05, 3.63) is 23.5 Å². The van der Waals surface area contributed by atoms with Crippen LogP contribution in [0.5, 0.6) is 0 Å². The molecule has 1 saturated carbocycles. The van der Waals surface area contributed by atoms with Gasteiger partial charge >= 0.3 is 0 Å². The minimum Gasteiger partial charge on any atom is -0.397 e. The molecule has 0 bridgehead atoms. The highest BCUT2D eigenvalue weighted by atomic mass is 19.1. The van der Waals surface area contributed by atoms with Gasteiger partial charge in [0.2, 0.25) is 0 Å². The Morgan fingerprint density at radius 1 is 1.44 bits per heavy atom. The van der Waals surface area contributed by atoms with Crippen LogP contribution in [-0.4, -0.2) is 26.8 Å². The summed E-state index contributed by atoms with van der Waals surface area (Å²) >= 11 is 0. The molecule has 1 aromatic carbocycles. The highest BCUT2D eigenvalue weighted by Gasteiger charge is 2.21. The second-order valence-corrected chi connectivity index (χ2v) is 5.10. The summed E-state index contributed by atoms with van der Waals surface area (Å²) in [5.74, 6) is 0.531. The quantitative estimate of drug-likeness (QED) is 0.624. The Hall–Kier alpha value is -1.29. The maximum Gasteiger partial charge on any atom is 0.128 e. The van der Waals surface area contributed by atoms with Crippen molar-refractivity contribution in [1.29, 1.82) is 0 Å². The molecule has 0 atom stereocenters. The molecular formula is C14H21FN2O. The van der Waals surface area contributed by atoms with Crippen LogP contribution in [0.25, 0.3) is 0 Å². The number of halogens is 1. The summed E-state index contributed by atoms with van der Waals surface area (Å²) in [6.45, 7) is 4.06. The third-order valence-corrected chi connectivity index (χ3v) is 3.34. The van der Waals surface area contributed by atoms with Gasteiger partial charge in [0, 0.05) is 20.2 Å². The largest absolute Gasteiger partial charge is 0.397 e. The van der Waals surface area contributed by atoms with Crippen LogP contribution in [0.1, 0.15) is 18.4 Å². The monoisotopic (exact) mass is 252 g/mol. The van der Waals surface area contributed by atoms with E-state index in [0.717, 1.165) is 24.8 Å². The Morgan fingerprint density at radius 2 is 2.17 bits per heavy atom. The maximum absolute atomic E-state index is 13.3. The average molecular weight is 252 g/mol. The fourth-order valence-electron chi connectivity index (χ4n) is 1.87. The van der Waals surface area contributed by atoms with Crippen molar-refractivity contribution in [3.63, 3.8) is 0 Å². The number of benzene rings is 1. The Balaban J connectivity index is 1.86. The van der Waals surface area contributed by atoms with E-state index < -0.39 is 0 Å². The van der Waals surface area contributed by atoms with Gasteiger partial charge < -0.3 is 15.4 Å². The van der Waals surface area contributed by atoms with Gasteiger partial charge in [0.25, 0.3) is 0 Å². The summed E-state index contributed by atoms with van der Waals surface area (Å²) in [6.07, 6.45) is 2.61. The Morgan fingerprint density at radius 3 is 2.83 bits per heavy atom. The first-order valence-electron chi connectivity index (χ1n) is 6.42. The molecule has 2 rings (SSSR count). The highest BCUT2D eigenvalue weighted by molar-refractivity contribution is 5.68. The highest BCUT2D eigenvalue weighted by Crippen LogP contribution is 2.29. The van der Waals surface area contributed by atoms with Gasteiger partial charge in [-0.1, -0.05) is 0 Å². The van der Waals surface area contributed by atoms with Crippen molar-refractivity contribution in [3.8, 4) is 0 Å². The predicted octanol–water partition coefficient (Wildman–Crippen LogP) is 2.58. The van der Waals surface area contributed by atoms with Crippen LogP contribution in [0.4, 0.5) is 15.8 Å². The lowest BCUT2D eigenvalue weighted by atomic mass is 10.1. The summed E-state index contributed by atoms with van der Waals surface area (Å²) < 4.78 is 18.9. The molecule has 2 N–H and O–H groups in total. The number of nitrogens with zero attached hydrogens (tertiary/aromatic N) is 1. The van der Waals surface area contributed by atoms with Crippen LogP contribution in [0, 0.1) is 18.7 Å². The maximum atomic E-state index is 13.3. The number of anilines is 2. The lowest BCUT2D eigenvalue weighted by Gasteiger charge is -2.21. The van der Waals surface area contributed by atoms with Crippen molar-refractivity contribution in [2.24, 2.45) is 5.92 Å². The van der Waals surface area contributed by atoms with E-state index in [-0.39, 0.29) is 5.82 Å². The van der Waals surface area contributed by atoms with Crippen LogP contribution in [0.3, 0.4) is 0 Å². The summed E-state index contributed by atoms with van der Waals surface area (Å²) in [7, 11) is 1.95. The fourth-order valence-corrected chi connectivity index (χ4v) is 1.87. The summed E-state index contributed by atoms with van der Waals surface area (Å²) in [4.78, 5) is 2.01. The molecular weight excluding hydrogens is 231 g/mol. The van der Waals surface area contributed by atoms with Crippen molar-refractivity contribution in [2.45, 2.75) is 19.8 Å². The lowest BCUT2D eigenvalue weighted by molar-refractivity contribution is 0.131. The third-order valence-electron chi connectivity index (χ3n) is 3.34. The Labute approximate surface area is 108 Å². The van der Waals surface area contributed by atoms with Crippen molar-refractivity contribution >= 4 is 11.4 Å². The number of hydrogen-bond acceptors (Lipinski definition) is 3. The molecule has 0 radical (unpaired) electrons. The van der Waals surface area contributed by atoms with E-state index >= 15 is 0 Å². The van der Waals surface area contributed by atoms with Gasteiger partial charge in [0.05, 0.1) is 18.0 Å². The SMILES string of the molecule is Cc1cc(N(C)CCOCC2CC2)c(N)cc1F. The molecule has 100 valence electrons. The zero-order valence-electron chi connectivity index (χ0n) is 11.1. The van der Waals surface area contributed by atoms with Crippen LogP contribution in [0.2, 0.25) is 0 Å². The van der Waals surface area contributed by atoms with Gasteiger partial charge in [-0.25, -0.2) is 4.39 Å². The molecule has 0 amide bonds. The minimum atomic E-state index is -0.255. The second-order valence-electron chi connectivity index (χ2n) is 5.10. The van der Waals surface area contributed by atoms with E-state index in [0.29, 0.717) is 17.9 Å². The van der Waals surface area contributed by atoms with Gasteiger partial charge in [0.1, 0.15) is 5.82 Å². The van der Waals surface area contributed by atoms with Crippen molar-refractivity contribution in [2.75, 3.05) is 37.4 Å². The molecule has 1 aromatic rings. The molecule has 0 unspecified atom stereocenters. The number of aryl methyl sites for hydroxylation is 1. The summed E-state index contributed by atoms with van der Waals surface area (Å²) in [6, 6.07) is 3.16. The lowest BCUT2D eigenvalue weighted by Crippen LogP contribution is -2.24. The van der Waals surface area contributed by atoms with E-state index in [2.05, 4.69) is 0 Å². The fraction of sp³-hybridized carbons (Fsp3) is 0.571. The number of likely N-dealkylation sites (N-methyl/N-ethyl adjacent to an activating group) is 1. The zero-order chi connectivity index (χ0) is 13.1. The number of hydrogen-bond donors (Lipinski definition) is 1. The van der Waals surface area contributed by atoms with Gasteiger partial charge in [-0.2, -0.15) is 0 Å². The molecule has 1 aliphatic carbocycles. The first kappa shape index (κ1) is 13.1. The van der Waals surface area contributed by atoms with Crippen molar-refractivity contribution in [1.82, 2.24) is 0 Å². The Bertz CT molecular complexity index is 419. The molecule has 0 aliphatic heterocycles. The van der Waals surface area contributed by atoms with E-state index in [1.165, 1.54) is 18.9 Å². The standard InChI is InChI=1S/C14H21FN2O/c1-10-7-14(13(16)8-12(10)15)17(2)5-6-18-9-11-3-4-11/h7-8,11H,3-6,9,16H2,1-2H3. The van der Waals surface area contributed by atoms with E-state index in [1.54, 1.807) is 13.0 Å². The Kier molecular flexibility index (Phi) is 4.07. The van der Waals surface area contributed by atoms with Crippen molar-refractivity contribution < 1.29 is 9.13 Å². The van der Waals surface area contributed by atoms with Crippen LogP contribution in [-0.2, 0) is 4.74 Å².